The van der Waals surface area contributed by atoms with Crippen LogP contribution in [0.4, 0.5) is 19.0 Å². The monoisotopic (exact) mass is 281 g/mol. The van der Waals surface area contributed by atoms with Gasteiger partial charge in [0.1, 0.15) is 5.82 Å². The largest absolute Gasteiger partial charge is 0.417 e. The van der Waals surface area contributed by atoms with E-state index in [4.69, 9.17) is 11.6 Å². The Balaban J connectivity index is 2.66. The van der Waals surface area contributed by atoms with E-state index >= 15 is 0 Å². The highest BCUT2D eigenvalue weighted by Crippen LogP contribution is 2.32. The van der Waals surface area contributed by atoms with E-state index in [9.17, 15) is 18.0 Å². The van der Waals surface area contributed by atoms with Crippen molar-refractivity contribution in [2.45, 2.75) is 12.6 Å². The van der Waals surface area contributed by atoms with Crippen LogP contribution in [0.25, 0.3) is 0 Å². The zero-order chi connectivity index (χ0) is 13.8. The molecule has 0 aliphatic heterocycles. The van der Waals surface area contributed by atoms with Gasteiger partial charge in [-0.1, -0.05) is 11.6 Å². The maximum absolute atomic E-state index is 12.3. The first-order chi connectivity index (χ1) is 8.34. The van der Waals surface area contributed by atoms with E-state index in [2.05, 4.69) is 15.6 Å². The molecule has 0 saturated carbocycles. The van der Waals surface area contributed by atoms with Crippen molar-refractivity contribution in [3.63, 3.8) is 0 Å². The molecule has 0 aromatic carbocycles. The SMILES string of the molecule is CNC(=O)CCNc1ncc(C(F)(F)F)cc1Cl. The summed E-state index contributed by atoms with van der Waals surface area (Å²) < 4.78 is 37.0. The molecule has 0 fully saturated rings. The lowest BCUT2D eigenvalue weighted by Crippen LogP contribution is -2.21. The van der Waals surface area contributed by atoms with Gasteiger partial charge in [0.05, 0.1) is 10.6 Å². The van der Waals surface area contributed by atoms with Gasteiger partial charge in [0.25, 0.3) is 0 Å². The van der Waals surface area contributed by atoms with Crippen LogP contribution >= 0.6 is 11.6 Å². The van der Waals surface area contributed by atoms with Crippen LogP contribution in [0.2, 0.25) is 5.02 Å². The van der Waals surface area contributed by atoms with Crippen LogP contribution in [-0.2, 0) is 11.0 Å². The van der Waals surface area contributed by atoms with E-state index in [1.807, 2.05) is 0 Å². The van der Waals surface area contributed by atoms with Crippen molar-refractivity contribution in [3.05, 3.63) is 22.8 Å². The predicted molar refractivity (Wildman–Crippen MR) is 61.4 cm³/mol. The number of alkyl halides is 3. The lowest BCUT2D eigenvalue weighted by atomic mass is 10.2. The molecule has 0 unspecified atom stereocenters. The molecule has 1 heterocycles. The van der Waals surface area contributed by atoms with E-state index in [0.717, 1.165) is 6.07 Å². The van der Waals surface area contributed by atoms with Crippen molar-refractivity contribution >= 4 is 23.3 Å². The number of hydrogen-bond donors (Lipinski definition) is 2. The van der Waals surface area contributed by atoms with Crippen molar-refractivity contribution in [1.29, 1.82) is 0 Å². The van der Waals surface area contributed by atoms with Crippen LogP contribution in [-0.4, -0.2) is 24.5 Å². The molecule has 18 heavy (non-hydrogen) atoms. The van der Waals surface area contributed by atoms with Crippen molar-refractivity contribution in [1.82, 2.24) is 10.3 Å². The fourth-order valence-corrected chi connectivity index (χ4v) is 1.38. The third kappa shape index (κ3) is 4.06. The number of nitrogens with zero attached hydrogens (tertiary/aromatic N) is 1. The number of hydrogen-bond acceptors (Lipinski definition) is 3. The molecule has 1 amide bonds. The number of carbonyl (C=O) groups is 1. The Hall–Kier alpha value is -1.50. The molecular formula is C10H11ClF3N3O. The van der Waals surface area contributed by atoms with Crippen LogP contribution in [0.5, 0.6) is 0 Å². The summed E-state index contributed by atoms with van der Waals surface area (Å²) in [5.74, 6) is -0.0703. The Morgan fingerprint density at radius 1 is 1.50 bits per heavy atom. The molecule has 0 saturated heterocycles. The van der Waals surface area contributed by atoms with Gasteiger partial charge in [-0.2, -0.15) is 13.2 Å². The normalized spacial score (nSPS) is 11.2. The topological polar surface area (TPSA) is 54.0 Å². The summed E-state index contributed by atoms with van der Waals surface area (Å²) in [5.41, 5.74) is -0.913. The number of carbonyl (C=O) groups excluding carboxylic acids is 1. The number of aromatic nitrogens is 1. The maximum atomic E-state index is 12.3. The van der Waals surface area contributed by atoms with Crippen LogP contribution in [0.3, 0.4) is 0 Å². The van der Waals surface area contributed by atoms with E-state index in [-0.39, 0.29) is 29.7 Å². The molecule has 100 valence electrons. The van der Waals surface area contributed by atoms with Gasteiger partial charge in [-0.15, -0.1) is 0 Å². The molecule has 0 aliphatic carbocycles. The van der Waals surface area contributed by atoms with Gasteiger partial charge in [0.2, 0.25) is 5.91 Å². The van der Waals surface area contributed by atoms with E-state index in [0.29, 0.717) is 6.20 Å². The zero-order valence-corrected chi connectivity index (χ0v) is 10.2. The number of nitrogens with one attached hydrogen (secondary N) is 2. The summed E-state index contributed by atoms with van der Waals surface area (Å²) in [6, 6.07) is 0.788. The first-order valence-corrected chi connectivity index (χ1v) is 5.39. The van der Waals surface area contributed by atoms with E-state index in [1.54, 1.807) is 0 Å². The average molecular weight is 282 g/mol. The summed E-state index contributed by atoms with van der Waals surface area (Å²) in [6.07, 6.45) is -3.61. The number of rotatable bonds is 4. The number of halogens is 4. The van der Waals surface area contributed by atoms with Crippen LogP contribution in [0.15, 0.2) is 12.3 Å². The average Bonchev–Trinajstić information content (AvgIpc) is 2.29. The Kier molecular flexibility index (Phi) is 4.77. The smallest absolute Gasteiger partial charge is 0.368 e. The van der Waals surface area contributed by atoms with Crippen LogP contribution in [0.1, 0.15) is 12.0 Å². The van der Waals surface area contributed by atoms with Crippen molar-refractivity contribution in [2.24, 2.45) is 0 Å². The molecule has 2 N–H and O–H groups in total. The van der Waals surface area contributed by atoms with Gasteiger partial charge in [0, 0.05) is 26.2 Å². The van der Waals surface area contributed by atoms with Gasteiger partial charge in [0.15, 0.2) is 0 Å². The molecular weight excluding hydrogens is 271 g/mol. The predicted octanol–water partition coefficient (Wildman–Crippen LogP) is 2.30. The van der Waals surface area contributed by atoms with Crippen molar-refractivity contribution < 1.29 is 18.0 Å². The Morgan fingerprint density at radius 3 is 2.67 bits per heavy atom. The lowest BCUT2D eigenvalue weighted by Gasteiger charge is -2.10. The van der Waals surface area contributed by atoms with Crippen molar-refractivity contribution in [2.75, 3.05) is 18.9 Å². The van der Waals surface area contributed by atoms with Gasteiger partial charge in [-0.25, -0.2) is 4.98 Å². The third-order valence-corrected chi connectivity index (χ3v) is 2.38. The second-order valence-electron chi connectivity index (χ2n) is 3.40. The minimum Gasteiger partial charge on any atom is -0.368 e. The Labute approximate surface area is 107 Å². The van der Waals surface area contributed by atoms with E-state index in [1.165, 1.54) is 7.05 Å². The summed E-state index contributed by atoms with van der Waals surface area (Å²) in [4.78, 5) is 14.5. The number of pyridine rings is 1. The van der Waals surface area contributed by atoms with Gasteiger partial charge in [-0.3, -0.25) is 4.79 Å². The lowest BCUT2D eigenvalue weighted by molar-refractivity contribution is -0.137. The van der Waals surface area contributed by atoms with Crippen LogP contribution in [0, 0.1) is 0 Å². The number of amides is 1. The standard InChI is InChI=1S/C10H11ClF3N3O/c1-15-8(18)2-3-16-9-7(11)4-6(5-17-9)10(12,13)14/h4-5H,2-3H2,1H3,(H,15,18)(H,16,17). The molecule has 1 aromatic heterocycles. The molecule has 0 aliphatic rings. The minimum atomic E-state index is -4.47. The quantitative estimate of drug-likeness (QED) is 0.890. The van der Waals surface area contributed by atoms with Gasteiger partial charge >= 0.3 is 6.18 Å². The molecule has 1 aromatic rings. The summed E-state index contributed by atoms with van der Waals surface area (Å²) in [7, 11) is 1.49. The number of anilines is 1. The highest BCUT2D eigenvalue weighted by Gasteiger charge is 2.31. The fourth-order valence-electron chi connectivity index (χ4n) is 1.14. The minimum absolute atomic E-state index is 0.119. The third-order valence-electron chi connectivity index (χ3n) is 2.09. The molecule has 0 atom stereocenters. The molecule has 0 spiro atoms. The van der Waals surface area contributed by atoms with Gasteiger partial charge < -0.3 is 10.6 Å². The molecule has 0 bridgehead atoms. The zero-order valence-electron chi connectivity index (χ0n) is 9.44. The Bertz CT molecular complexity index is 437. The molecule has 4 nitrogen and oxygen atoms in total. The van der Waals surface area contributed by atoms with Crippen molar-refractivity contribution in [3.8, 4) is 0 Å². The first-order valence-electron chi connectivity index (χ1n) is 5.01. The summed E-state index contributed by atoms with van der Waals surface area (Å²) in [5, 5.41) is 4.96. The molecule has 0 radical (unpaired) electrons. The second-order valence-corrected chi connectivity index (χ2v) is 3.81. The summed E-state index contributed by atoms with van der Waals surface area (Å²) >= 11 is 5.66. The second kappa shape index (κ2) is 5.90. The first kappa shape index (κ1) is 14.6. The fraction of sp³-hybridized carbons (Fsp3) is 0.400. The Morgan fingerprint density at radius 2 is 2.17 bits per heavy atom. The van der Waals surface area contributed by atoms with Gasteiger partial charge in [-0.05, 0) is 6.07 Å². The molecule has 8 heteroatoms. The van der Waals surface area contributed by atoms with E-state index < -0.39 is 11.7 Å². The molecule has 1 rings (SSSR count). The summed E-state index contributed by atoms with van der Waals surface area (Å²) in [6.45, 7) is 0.234. The highest BCUT2D eigenvalue weighted by atomic mass is 35.5. The highest BCUT2D eigenvalue weighted by molar-refractivity contribution is 6.32. The maximum Gasteiger partial charge on any atom is 0.417 e. The van der Waals surface area contributed by atoms with Crippen LogP contribution < -0.4 is 10.6 Å².